The van der Waals surface area contributed by atoms with E-state index in [9.17, 15) is 13.6 Å². The highest BCUT2D eigenvalue weighted by molar-refractivity contribution is 5.88. The molecule has 4 nitrogen and oxygen atoms in total. The molecule has 0 saturated heterocycles. The highest BCUT2D eigenvalue weighted by Crippen LogP contribution is 2.18. The minimum atomic E-state index is -1.72. The predicted molar refractivity (Wildman–Crippen MR) is 63.4 cm³/mol. The lowest BCUT2D eigenvalue weighted by Crippen LogP contribution is -2.11. The number of allylic oxidation sites excluding steroid dienone is 1. The van der Waals surface area contributed by atoms with Crippen molar-refractivity contribution in [2.75, 3.05) is 5.32 Å². The van der Waals surface area contributed by atoms with Crippen LogP contribution >= 0.6 is 0 Å². The fourth-order valence-electron chi connectivity index (χ4n) is 1.27. The molecule has 0 atom stereocenters. The molecule has 1 aromatic heterocycles. The number of oxazole rings is 1. The van der Waals surface area contributed by atoms with Crippen LogP contribution in [0.15, 0.2) is 22.8 Å². The molecule has 100 valence electrons. The van der Waals surface area contributed by atoms with Gasteiger partial charge >= 0.3 is 6.01 Å². The second-order valence-electron chi connectivity index (χ2n) is 4.16. The van der Waals surface area contributed by atoms with Crippen molar-refractivity contribution in [1.82, 2.24) is 4.98 Å². The molecule has 1 N–H and O–H groups in total. The quantitative estimate of drug-likeness (QED) is 0.792. The van der Waals surface area contributed by atoms with Crippen LogP contribution in [0.5, 0.6) is 0 Å². The topological polar surface area (TPSA) is 55.1 Å². The van der Waals surface area contributed by atoms with Crippen LogP contribution in [0.1, 0.15) is 44.8 Å². The van der Waals surface area contributed by atoms with Gasteiger partial charge < -0.3 is 4.42 Å². The summed E-state index contributed by atoms with van der Waals surface area (Å²) in [5, 5.41) is 2.48. The molecule has 18 heavy (non-hydrogen) atoms. The molecule has 0 aromatic carbocycles. The number of carbonyl (C=O) groups is 1. The molecule has 0 saturated carbocycles. The Morgan fingerprint density at radius 3 is 2.83 bits per heavy atom. The van der Waals surface area contributed by atoms with Crippen LogP contribution in [0, 0.1) is 0 Å². The molecule has 0 unspecified atom stereocenters. The van der Waals surface area contributed by atoms with Crippen molar-refractivity contribution in [2.24, 2.45) is 0 Å². The van der Waals surface area contributed by atoms with E-state index in [1.807, 2.05) is 13.8 Å². The summed E-state index contributed by atoms with van der Waals surface area (Å²) in [6.07, 6.45) is 1.34. The largest absolute Gasteiger partial charge is 0.428 e. The molecule has 1 aromatic rings. The highest BCUT2D eigenvalue weighted by Gasteiger charge is 2.09. The number of rotatable bonds is 6. The number of anilines is 1. The zero-order chi connectivity index (χ0) is 13.5. The molecule has 1 rings (SSSR count). The molecule has 1 amide bonds. The lowest BCUT2D eigenvalue weighted by molar-refractivity contribution is -0.116. The summed E-state index contributed by atoms with van der Waals surface area (Å²) in [6.45, 7) is 3.90. The van der Waals surface area contributed by atoms with Crippen LogP contribution < -0.4 is 5.32 Å². The second-order valence-corrected chi connectivity index (χ2v) is 4.16. The van der Waals surface area contributed by atoms with Crippen molar-refractivity contribution in [2.45, 2.75) is 39.0 Å². The van der Waals surface area contributed by atoms with Gasteiger partial charge in [-0.2, -0.15) is 8.78 Å². The number of unbranched alkanes of at least 4 members (excludes halogenated alkanes) is 1. The van der Waals surface area contributed by atoms with E-state index in [1.165, 1.54) is 0 Å². The van der Waals surface area contributed by atoms with E-state index in [0.717, 1.165) is 6.08 Å². The Kier molecular flexibility index (Phi) is 5.48. The summed E-state index contributed by atoms with van der Waals surface area (Å²) in [5.41, 5.74) is 0. The Morgan fingerprint density at radius 2 is 2.28 bits per heavy atom. The number of nitrogens with one attached hydrogen (secondary N) is 1. The maximum Gasteiger partial charge on any atom is 0.301 e. The van der Waals surface area contributed by atoms with Crippen molar-refractivity contribution in [1.29, 1.82) is 0 Å². The molecule has 0 spiro atoms. The first kappa shape index (κ1) is 14.3. The standard InChI is InChI=1S/C12H16F2N2O2/c1-8(2)9-7-15-12(18-9)16-11(17)6-4-3-5-10(13)14/h5,7-8H,3-4,6H2,1-2H3,(H,15,16,17). The fraction of sp³-hybridized carbons (Fsp3) is 0.500. The van der Waals surface area contributed by atoms with Crippen LogP contribution in [0.25, 0.3) is 0 Å². The van der Waals surface area contributed by atoms with Crippen LogP contribution in [-0.2, 0) is 4.79 Å². The van der Waals surface area contributed by atoms with Gasteiger partial charge in [0.15, 0.2) is 0 Å². The molecular formula is C12H16F2N2O2. The SMILES string of the molecule is CC(C)c1cnc(NC(=O)CCCC=C(F)F)o1. The van der Waals surface area contributed by atoms with Crippen molar-refractivity contribution >= 4 is 11.9 Å². The first-order valence-electron chi connectivity index (χ1n) is 5.75. The molecule has 6 heteroatoms. The lowest BCUT2D eigenvalue weighted by atomic mass is 10.2. The number of carbonyl (C=O) groups excluding carboxylic acids is 1. The number of amides is 1. The average Bonchev–Trinajstić information content (AvgIpc) is 2.72. The van der Waals surface area contributed by atoms with E-state index < -0.39 is 6.08 Å². The summed E-state index contributed by atoms with van der Waals surface area (Å²) in [6, 6.07) is 0.149. The van der Waals surface area contributed by atoms with Crippen molar-refractivity contribution < 1.29 is 18.0 Å². The van der Waals surface area contributed by atoms with Gasteiger partial charge in [0.05, 0.1) is 6.20 Å². The maximum absolute atomic E-state index is 11.7. The van der Waals surface area contributed by atoms with Gasteiger partial charge in [0.1, 0.15) is 5.76 Å². The van der Waals surface area contributed by atoms with Crippen molar-refractivity contribution in [3.8, 4) is 0 Å². The molecule has 1 heterocycles. The van der Waals surface area contributed by atoms with Gasteiger partial charge in [0.25, 0.3) is 6.08 Å². The minimum absolute atomic E-state index is 0.149. The summed E-state index contributed by atoms with van der Waals surface area (Å²) in [5.74, 6) is 0.591. The number of aromatic nitrogens is 1. The van der Waals surface area contributed by atoms with Gasteiger partial charge in [-0.3, -0.25) is 10.1 Å². The molecule has 0 radical (unpaired) electrons. The summed E-state index contributed by atoms with van der Waals surface area (Å²) in [4.78, 5) is 15.3. The monoisotopic (exact) mass is 258 g/mol. The third-order valence-electron chi connectivity index (χ3n) is 2.25. The first-order chi connectivity index (χ1) is 8.49. The fourth-order valence-corrected chi connectivity index (χ4v) is 1.27. The normalized spacial score (nSPS) is 10.5. The van der Waals surface area contributed by atoms with E-state index >= 15 is 0 Å². The Morgan fingerprint density at radius 1 is 1.56 bits per heavy atom. The smallest absolute Gasteiger partial charge is 0.301 e. The van der Waals surface area contributed by atoms with Gasteiger partial charge in [-0.05, 0) is 18.9 Å². The average molecular weight is 258 g/mol. The van der Waals surface area contributed by atoms with Crippen LogP contribution in [-0.4, -0.2) is 10.9 Å². The Bertz CT molecular complexity index is 423. The minimum Gasteiger partial charge on any atom is -0.428 e. The summed E-state index contributed by atoms with van der Waals surface area (Å²) in [7, 11) is 0. The molecular weight excluding hydrogens is 242 g/mol. The zero-order valence-corrected chi connectivity index (χ0v) is 10.4. The lowest BCUT2D eigenvalue weighted by Gasteiger charge is -2.00. The van der Waals surface area contributed by atoms with Crippen LogP contribution in [0.3, 0.4) is 0 Å². The Labute approximate surface area is 104 Å². The van der Waals surface area contributed by atoms with E-state index in [1.54, 1.807) is 6.20 Å². The zero-order valence-electron chi connectivity index (χ0n) is 10.4. The van der Waals surface area contributed by atoms with Crippen molar-refractivity contribution in [3.63, 3.8) is 0 Å². The maximum atomic E-state index is 11.7. The second kappa shape index (κ2) is 6.88. The van der Waals surface area contributed by atoms with Gasteiger partial charge in [0, 0.05) is 12.3 Å². The summed E-state index contributed by atoms with van der Waals surface area (Å²) < 4.78 is 28.7. The molecule has 0 aliphatic heterocycles. The third-order valence-corrected chi connectivity index (χ3v) is 2.25. The number of nitrogens with zero attached hydrogens (tertiary/aromatic N) is 1. The van der Waals surface area contributed by atoms with E-state index in [4.69, 9.17) is 4.42 Å². The van der Waals surface area contributed by atoms with Gasteiger partial charge in [0.2, 0.25) is 5.91 Å². The van der Waals surface area contributed by atoms with Gasteiger partial charge in [-0.15, -0.1) is 0 Å². The Balaban J connectivity index is 2.33. The van der Waals surface area contributed by atoms with Gasteiger partial charge in [-0.25, -0.2) is 4.98 Å². The number of halogens is 2. The van der Waals surface area contributed by atoms with E-state index in [0.29, 0.717) is 12.2 Å². The molecule has 0 aliphatic carbocycles. The third kappa shape index (κ3) is 5.07. The highest BCUT2D eigenvalue weighted by atomic mass is 19.3. The Hall–Kier alpha value is -1.72. The van der Waals surface area contributed by atoms with E-state index in [2.05, 4.69) is 10.3 Å². The first-order valence-corrected chi connectivity index (χ1v) is 5.75. The number of hydrogen-bond acceptors (Lipinski definition) is 3. The van der Waals surface area contributed by atoms with Gasteiger partial charge in [-0.1, -0.05) is 13.8 Å². The van der Waals surface area contributed by atoms with Crippen molar-refractivity contribution in [3.05, 3.63) is 24.1 Å². The van der Waals surface area contributed by atoms with Crippen LogP contribution in [0.4, 0.5) is 14.8 Å². The summed E-state index contributed by atoms with van der Waals surface area (Å²) >= 11 is 0. The predicted octanol–water partition coefficient (Wildman–Crippen LogP) is 3.69. The van der Waals surface area contributed by atoms with E-state index in [-0.39, 0.29) is 30.7 Å². The molecule has 0 fully saturated rings. The molecule has 0 aliphatic rings. The molecule has 0 bridgehead atoms. The van der Waals surface area contributed by atoms with Crippen LogP contribution in [0.2, 0.25) is 0 Å². The number of hydrogen-bond donors (Lipinski definition) is 1.